The molecule has 0 aromatic heterocycles. The van der Waals surface area contributed by atoms with Gasteiger partial charge in [-0.25, -0.2) is 0 Å². The molecule has 0 amide bonds. The summed E-state index contributed by atoms with van der Waals surface area (Å²) in [5.41, 5.74) is 8.18. The lowest BCUT2D eigenvalue weighted by Crippen LogP contribution is -2.43. The number of azide groups is 1. The molecule has 0 bridgehead atoms. The Morgan fingerprint density at radius 3 is 3.14 bits per heavy atom. The van der Waals surface area contributed by atoms with Crippen LogP contribution in [0.4, 0.5) is 0 Å². The van der Waals surface area contributed by atoms with Crippen molar-refractivity contribution in [2.24, 2.45) is 5.11 Å². The van der Waals surface area contributed by atoms with Crippen molar-refractivity contribution in [2.45, 2.75) is 25.3 Å². The summed E-state index contributed by atoms with van der Waals surface area (Å²) < 4.78 is 5.17. The third kappa shape index (κ3) is 3.54. The molecular weight excluding hydrogens is 180 g/mol. The average molecular weight is 198 g/mol. The van der Waals surface area contributed by atoms with E-state index in [0.29, 0.717) is 12.6 Å². The molecule has 0 aliphatic carbocycles. The van der Waals surface area contributed by atoms with Gasteiger partial charge in [-0.3, -0.25) is 4.90 Å². The molecule has 1 rings (SSSR count). The predicted molar refractivity (Wildman–Crippen MR) is 55.1 cm³/mol. The summed E-state index contributed by atoms with van der Waals surface area (Å²) in [7, 11) is 1.74. The van der Waals surface area contributed by atoms with E-state index in [2.05, 4.69) is 14.9 Å². The highest BCUT2D eigenvalue weighted by Gasteiger charge is 2.21. The Kier molecular flexibility index (Phi) is 5.37. The molecule has 5 nitrogen and oxygen atoms in total. The maximum atomic E-state index is 8.18. The van der Waals surface area contributed by atoms with Crippen LogP contribution in [-0.4, -0.2) is 44.3 Å². The molecule has 0 N–H and O–H groups in total. The van der Waals surface area contributed by atoms with Crippen molar-refractivity contribution >= 4 is 0 Å². The molecule has 14 heavy (non-hydrogen) atoms. The van der Waals surface area contributed by atoms with Crippen LogP contribution >= 0.6 is 0 Å². The van der Waals surface area contributed by atoms with Crippen LogP contribution in [0, 0.1) is 0 Å². The van der Waals surface area contributed by atoms with Gasteiger partial charge in [-0.15, -0.1) is 0 Å². The van der Waals surface area contributed by atoms with Gasteiger partial charge >= 0.3 is 0 Å². The van der Waals surface area contributed by atoms with E-state index in [0.717, 1.165) is 19.7 Å². The molecule has 0 aromatic carbocycles. The van der Waals surface area contributed by atoms with E-state index in [9.17, 15) is 0 Å². The second-order valence-electron chi connectivity index (χ2n) is 3.60. The summed E-state index contributed by atoms with van der Waals surface area (Å²) >= 11 is 0. The lowest BCUT2D eigenvalue weighted by molar-refractivity contribution is 0.0672. The smallest absolute Gasteiger partial charge is 0.0618 e. The Morgan fingerprint density at radius 2 is 2.43 bits per heavy atom. The fourth-order valence-electron chi connectivity index (χ4n) is 1.95. The standard InChI is InChI=1S/C9H18N4O/c1-14-8-9-4-2-3-6-13(9)7-5-11-12-10/h9H,2-8H2,1H3/t9-/m1/s1. The van der Waals surface area contributed by atoms with E-state index in [1.807, 2.05) is 0 Å². The van der Waals surface area contributed by atoms with E-state index < -0.39 is 0 Å². The van der Waals surface area contributed by atoms with Gasteiger partial charge in [0.05, 0.1) is 6.61 Å². The molecule has 1 aliphatic heterocycles. The number of ether oxygens (including phenoxy) is 1. The van der Waals surface area contributed by atoms with E-state index >= 15 is 0 Å². The molecule has 5 heteroatoms. The van der Waals surface area contributed by atoms with Gasteiger partial charge in [0.15, 0.2) is 0 Å². The molecular formula is C9H18N4O. The molecule has 1 atom stereocenters. The van der Waals surface area contributed by atoms with Gasteiger partial charge in [0.2, 0.25) is 0 Å². The summed E-state index contributed by atoms with van der Waals surface area (Å²) in [6.07, 6.45) is 3.73. The number of nitrogens with zero attached hydrogens (tertiary/aromatic N) is 4. The van der Waals surface area contributed by atoms with Crippen molar-refractivity contribution in [1.29, 1.82) is 0 Å². The van der Waals surface area contributed by atoms with Gasteiger partial charge in [-0.05, 0) is 24.9 Å². The molecule has 0 spiro atoms. The highest BCUT2D eigenvalue weighted by molar-refractivity contribution is 4.76. The van der Waals surface area contributed by atoms with E-state index in [1.165, 1.54) is 19.3 Å². The van der Waals surface area contributed by atoms with Gasteiger partial charge in [0.1, 0.15) is 0 Å². The summed E-state index contributed by atoms with van der Waals surface area (Å²) in [6.45, 7) is 3.32. The van der Waals surface area contributed by atoms with E-state index in [4.69, 9.17) is 10.3 Å². The fourth-order valence-corrected chi connectivity index (χ4v) is 1.95. The minimum Gasteiger partial charge on any atom is -0.383 e. The zero-order valence-electron chi connectivity index (χ0n) is 8.72. The number of hydrogen-bond acceptors (Lipinski definition) is 3. The van der Waals surface area contributed by atoms with Crippen molar-refractivity contribution in [3.05, 3.63) is 10.4 Å². The molecule has 1 aliphatic rings. The van der Waals surface area contributed by atoms with Crippen molar-refractivity contribution in [1.82, 2.24) is 4.90 Å². The van der Waals surface area contributed by atoms with Crippen LogP contribution < -0.4 is 0 Å². The number of methoxy groups -OCH3 is 1. The molecule has 0 saturated carbocycles. The Bertz CT molecular complexity index is 201. The predicted octanol–water partition coefficient (Wildman–Crippen LogP) is 1.80. The van der Waals surface area contributed by atoms with Crippen LogP contribution in [-0.2, 0) is 4.74 Å². The van der Waals surface area contributed by atoms with Crippen LogP contribution in [0.3, 0.4) is 0 Å². The van der Waals surface area contributed by atoms with E-state index in [-0.39, 0.29) is 0 Å². The number of rotatable bonds is 5. The molecule has 0 unspecified atom stereocenters. The summed E-state index contributed by atoms with van der Waals surface area (Å²) in [5, 5.41) is 3.56. The first-order valence-electron chi connectivity index (χ1n) is 5.12. The lowest BCUT2D eigenvalue weighted by Gasteiger charge is -2.34. The summed E-state index contributed by atoms with van der Waals surface area (Å²) in [6, 6.07) is 0.516. The van der Waals surface area contributed by atoms with Crippen molar-refractivity contribution in [2.75, 3.05) is 33.4 Å². The fraction of sp³-hybridized carbons (Fsp3) is 1.00. The summed E-state index contributed by atoms with van der Waals surface area (Å²) in [4.78, 5) is 5.12. The Balaban J connectivity index is 2.33. The van der Waals surface area contributed by atoms with Crippen LogP contribution in [0.2, 0.25) is 0 Å². The van der Waals surface area contributed by atoms with Crippen molar-refractivity contribution < 1.29 is 4.74 Å². The van der Waals surface area contributed by atoms with Crippen molar-refractivity contribution in [3.63, 3.8) is 0 Å². The quantitative estimate of drug-likeness (QED) is 0.384. The number of likely N-dealkylation sites (tertiary alicyclic amines) is 1. The molecule has 0 aromatic rings. The first-order valence-corrected chi connectivity index (χ1v) is 5.12. The maximum absolute atomic E-state index is 8.18. The van der Waals surface area contributed by atoms with Gasteiger partial charge in [0, 0.05) is 31.2 Å². The molecule has 80 valence electrons. The Labute approximate surface area is 84.7 Å². The van der Waals surface area contributed by atoms with Gasteiger partial charge in [0.25, 0.3) is 0 Å². The molecule has 1 fully saturated rings. The van der Waals surface area contributed by atoms with Gasteiger partial charge in [-0.1, -0.05) is 11.5 Å². The van der Waals surface area contributed by atoms with E-state index in [1.54, 1.807) is 7.11 Å². The number of piperidine rings is 1. The third-order valence-electron chi connectivity index (χ3n) is 2.66. The average Bonchev–Trinajstić information content (AvgIpc) is 2.21. The Morgan fingerprint density at radius 1 is 1.57 bits per heavy atom. The number of hydrogen-bond donors (Lipinski definition) is 0. The zero-order valence-corrected chi connectivity index (χ0v) is 8.72. The first kappa shape index (κ1) is 11.3. The SMILES string of the molecule is COC[C@H]1CCCCN1CCN=[N+]=[N-]. The largest absolute Gasteiger partial charge is 0.383 e. The maximum Gasteiger partial charge on any atom is 0.0618 e. The topological polar surface area (TPSA) is 61.2 Å². The highest BCUT2D eigenvalue weighted by Crippen LogP contribution is 2.16. The van der Waals surface area contributed by atoms with Crippen LogP contribution in [0.15, 0.2) is 5.11 Å². The second kappa shape index (κ2) is 6.65. The minimum atomic E-state index is 0.516. The van der Waals surface area contributed by atoms with Gasteiger partial charge in [-0.2, -0.15) is 0 Å². The molecule has 1 heterocycles. The summed E-state index contributed by atoms with van der Waals surface area (Å²) in [5.74, 6) is 0. The third-order valence-corrected chi connectivity index (χ3v) is 2.66. The lowest BCUT2D eigenvalue weighted by atomic mass is 10.0. The van der Waals surface area contributed by atoms with Crippen LogP contribution in [0.25, 0.3) is 10.4 Å². The highest BCUT2D eigenvalue weighted by atomic mass is 16.5. The van der Waals surface area contributed by atoms with Gasteiger partial charge < -0.3 is 4.74 Å². The molecule has 1 saturated heterocycles. The molecule has 0 radical (unpaired) electrons. The second-order valence-corrected chi connectivity index (χ2v) is 3.60. The van der Waals surface area contributed by atoms with Crippen LogP contribution in [0.5, 0.6) is 0 Å². The Hall–Kier alpha value is -0.770. The minimum absolute atomic E-state index is 0.516. The van der Waals surface area contributed by atoms with Crippen LogP contribution in [0.1, 0.15) is 19.3 Å². The zero-order chi connectivity index (χ0) is 10.2. The monoisotopic (exact) mass is 198 g/mol. The first-order chi connectivity index (χ1) is 6.88. The van der Waals surface area contributed by atoms with Crippen molar-refractivity contribution in [3.8, 4) is 0 Å². The normalized spacial score (nSPS) is 23.1.